The van der Waals surface area contributed by atoms with Crippen LogP contribution in [0.15, 0.2) is 49.4 Å². The number of hydrogen-bond acceptors (Lipinski definition) is 7. The monoisotopic (exact) mass is 364 g/mol. The molecule has 0 bridgehead atoms. The molecule has 0 spiro atoms. The standard InChI is InChI=1S/C18H20N8O/c27-17(10-26-12-20-11-22-26)23-14-1-2-15(9-14)24-18-21-8-5-16(25-18)13-3-6-19-7-4-13/h3-8,11-12,14-15H,1-2,9-10H2,(H,23,27)(H,21,24,25)/t14-,15-/m0/s1. The van der Waals surface area contributed by atoms with Crippen molar-refractivity contribution >= 4 is 11.9 Å². The number of carbonyl (C=O) groups excluding carboxylic acids is 1. The second-order valence-corrected chi connectivity index (χ2v) is 6.51. The summed E-state index contributed by atoms with van der Waals surface area (Å²) in [5.41, 5.74) is 1.85. The van der Waals surface area contributed by atoms with Gasteiger partial charge >= 0.3 is 0 Å². The van der Waals surface area contributed by atoms with Crippen LogP contribution in [0.5, 0.6) is 0 Å². The van der Waals surface area contributed by atoms with E-state index in [1.807, 2.05) is 18.2 Å². The van der Waals surface area contributed by atoms with Gasteiger partial charge in [-0.3, -0.25) is 9.78 Å². The van der Waals surface area contributed by atoms with Gasteiger partial charge in [0.15, 0.2) is 0 Å². The molecule has 3 aromatic heterocycles. The lowest BCUT2D eigenvalue weighted by atomic mass is 10.2. The summed E-state index contributed by atoms with van der Waals surface area (Å²) in [6.45, 7) is 0.186. The number of hydrogen-bond donors (Lipinski definition) is 2. The Morgan fingerprint density at radius 2 is 1.96 bits per heavy atom. The highest BCUT2D eigenvalue weighted by Gasteiger charge is 2.26. The molecule has 1 aliphatic carbocycles. The van der Waals surface area contributed by atoms with Gasteiger partial charge in [0.1, 0.15) is 19.2 Å². The first kappa shape index (κ1) is 17.1. The quantitative estimate of drug-likeness (QED) is 0.678. The van der Waals surface area contributed by atoms with Gasteiger partial charge in [0.05, 0.1) is 5.69 Å². The zero-order chi connectivity index (χ0) is 18.5. The van der Waals surface area contributed by atoms with Gasteiger partial charge in [-0.05, 0) is 37.5 Å². The zero-order valence-corrected chi connectivity index (χ0v) is 14.7. The van der Waals surface area contributed by atoms with Crippen LogP contribution in [-0.2, 0) is 11.3 Å². The summed E-state index contributed by atoms with van der Waals surface area (Å²) in [6, 6.07) is 6.09. The summed E-state index contributed by atoms with van der Waals surface area (Å²) < 4.78 is 1.51. The van der Waals surface area contributed by atoms with Gasteiger partial charge in [0, 0.05) is 36.2 Å². The molecule has 1 aliphatic rings. The Bertz CT molecular complexity index is 883. The van der Waals surface area contributed by atoms with Crippen molar-refractivity contribution in [2.24, 2.45) is 0 Å². The molecule has 0 saturated heterocycles. The number of aromatic nitrogens is 6. The third-order valence-electron chi connectivity index (χ3n) is 4.53. The third kappa shape index (κ3) is 4.43. The Morgan fingerprint density at radius 1 is 1.11 bits per heavy atom. The first-order valence-corrected chi connectivity index (χ1v) is 8.88. The molecule has 9 heteroatoms. The molecule has 0 unspecified atom stereocenters. The Labute approximate surface area is 156 Å². The van der Waals surface area contributed by atoms with Crippen molar-refractivity contribution in [3.8, 4) is 11.3 Å². The second-order valence-electron chi connectivity index (χ2n) is 6.51. The van der Waals surface area contributed by atoms with E-state index in [1.54, 1.807) is 18.6 Å². The number of amides is 1. The van der Waals surface area contributed by atoms with Gasteiger partial charge in [-0.15, -0.1) is 0 Å². The van der Waals surface area contributed by atoms with Crippen molar-refractivity contribution in [1.29, 1.82) is 0 Å². The molecule has 3 aromatic rings. The maximum Gasteiger partial charge on any atom is 0.242 e. The third-order valence-corrected chi connectivity index (χ3v) is 4.53. The van der Waals surface area contributed by atoms with E-state index in [0.717, 1.165) is 30.5 Å². The number of nitrogens with zero attached hydrogens (tertiary/aromatic N) is 6. The Hall–Kier alpha value is -3.36. The molecule has 4 rings (SSSR count). The van der Waals surface area contributed by atoms with Crippen LogP contribution in [0.1, 0.15) is 19.3 Å². The lowest BCUT2D eigenvalue weighted by Gasteiger charge is -2.15. The van der Waals surface area contributed by atoms with Crippen LogP contribution in [0.4, 0.5) is 5.95 Å². The van der Waals surface area contributed by atoms with Crippen LogP contribution in [0.2, 0.25) is 0 Å². The average molecular weight is 364 g/mol. The predicted molar refractivity (Wildman–Crippen MR) is 98.5 cm³/mol. The minimum absolute atomic E-state index is 0.0536. The number of anilines is 1. The van der Waals surface area contributed by atoms with Crippen molar-refractivity contribution in [1.82, 2.24) is 35.0 Å². The lowest BCUT2D eigenvalue weighted by molar-refractivity contribution is -0.122. The molecule has 0 aromatic carbocycles. The molecule has 3 heterocycles. The highest BCUT2D eigenvalue weighted by molar-refractivity contribution is 5.76. The Balaban J connectivity index is 1.31. The van der Waals surface area contributed by atoms with E-state index in [-0.39, 0.29) is 24.5 Å². The van der Waals surface area contributed by atoms with E-state index in [1.165, 1.54) is 17.3 Å². The minimum atomic E-state index is -0.0536. The van der Waals surface area contributed by atoms with Crippen LogP contribution in [-0.4, -0.2) is 47.7 Å². The van der Waals surface area contributed by atoms with Crippen molar-refractivity contribution in [3.63, 3.8) is 0 Å². The van der Waals surface area contributed by atoms with Gasteiger partial charge in [0.25, 0.3) is 0 Å². The van der Waals surface area contributed by atoms with E-state index in [2.05, 4.69) is 35.7 Å². The van der Waals surface area contributed by atoms with Gasteiger partial charge in [-0.25, -0.2) is 19.6 Å². The molecule has 1 saturated carbocycles. The lowest BCUT2D eigenvalue weighted by Crippen LogP contribution is -2.36. The number of carbonyl (C=O) groups is 1. The van der Waals surface area contributed by atoms with Gasteiger partial charge in [-0.2, -0.15) is 5.10 Å². The van der Waals surface area contributed by atoms with E-state index in [0.29, 0.717) is 5.95 Å². The number of pyridine rings is 1. The van der Waals surface area contributed by atoms with Crippen LogP contribution in [0.3, 0.4) is 0 Å². The number of rotatable bonds is 6. The predicted octanol–water partition coefficient (Wildman–Crippen LogP) is 1.28. The molecule has 27 heavy (non-hydrogen) atoms. The molecule has 138 valence electrons. The van der Waals surface area contributed by atoms with Gasteiger partial charge in [0.2, 0.25) is 11.9 Å². The van der Waals surface area contributed by atoms with E-state index in [9.17, 15) is 4.79 Å². The van der Waals surface area contributed by atoms with Crippen LogP contribution in [0.25, 0.3) is 11.3 Å². The molecule has 2 N–H and O–H groups in total. The topological polar surface area (TPSA) is 111 Å². The van der Waals surface area contributed by atoms with Crippen LogP contribution >= 0.6 is 0 Å². The molecule has 0 aliphatic heterocycles. The van der Waals surface area contributed by atoms with Gasteiger partial charge in [-0.1, -0.05) is 0 Å². The summed E-state index contributed by atoms with van der Waals surface area (Å²) >= 11 is 0. The van der Waals surface area contributed by atoms with Crippen molar-refractivity contribution < 1.29 is 4.79 Å². The van der Waals surface area contributed by atoms with Crippen LogP contribution in [0, 0.1) is 0 Å². The molecule has 1 fully saturated rings. The molecule has 9 nitrogen and oxygen atoms in total. The van der Waals surface area contributed by atoms with E-state index >= 15 is 0 Å². The average Bonchev–Trinajstić information content (AvgIpc) is 3.35. The molecule has 1 amide bonds. The fraction of sp³-hybridized carbons (Fsp3) is 0.333. The summed E-state index contributed by atoms with van der Waals surface area (Å²) in [7, 11) is 0. The summed E-state index contributed by atoms with van der Waals surface area (Å²) in [4.78, 5) is 28.9. The van der Waals surface area contributed by atoms with Crippen LogP contribution < -0.4 is 10.6 Å². The maximum atomic E-state index is 12.1. The second kappa shape index (κ2) is 7.90. The van der Waals surface area contributed by atoms with E-state index in [4.69, 9.17) is 0 Å². The molecule has 0 radical (unpaired) electrons. The highest BCUT2D eigenvalue weighted by Crippen LogP contribution is 2.23. The first-order chi connectivity index (χ1) is 13.3. The summed E-state index contributed by atoms with van der Waals surface area (Å²) in [5.74, 6) is 0.547. The Morgan fingerprint density at radius 3 is 2.78 bits per heavy atom. The molecule has 2 atom stereocenters. The van der Waals surface area contributed by atoms with Crippen molar-refractivity contribution in [2.75, 3.05) is 5.32 Å². The highest BCUT2D eigenvalue weighted by atomic mass is 16.2. The van der Waals surface area contributed by atoms with E-state index < -0.39 is 0 Å². The van der Waals surface area contributed by atoms with Crippen molar-refractivity contribution in [3.05, 3.63) is 49.4 Å². The summed E-state index contributed by atoms with van der Waals surface area (Å²) in [5, 5.41) is 10.4. The molecular formula is C18H20N8O. The smallest absolute Gasteiger partial charge is 0.242 e. The molecular weight excluding hydrogens is 344 g/mol. The van der Waals surface area contributed by atoms with Crippen molar-refractivity contribution in [2.45, 2.75) is 37.9 Å². The first-order valence-electron chi connectivity index (χ1n) is 8.88. The summed E-state index contributed by atoms with van der Waals surface area (Å²) in [6.07, 6.45) is 10.9. The minimum Gasteiger partial charge on any atom is -0.352 e. The normalized spacial score (nSPS) is 19.0. The zero-order valence-electron chi connectivity index (χ0n) is 14.7. The maximum absolute atomic E-state index is 12.1. The van der Waals surface area contributed by atoms with Gasteiger partial charge < -0.3 is 10.6 Å². The SMILES string of the molecule is O=C(Cn1cncn1)N[C@H]1CC[C@H](Nc2nccc(-c3ccncc3)n2)C1. The largest absolute Gasteiger partial charge is 0.352 e. The number of nitrogens with one attached hydrogen (secondary N) is 2. The fourth-order valence-electron chi connectivity index (χ4n) is 3.27. The fourth-order valence-corrected chi connectivity index (χ4v) is 3.27. The Kier molecular flexibility index (Phi) is 4.99.